The molecule has 0 bridgehead atoms. The Balaban J connectivity index is 1.93. The van der Waals surface area contributed by atoms with Gasteiger partial charge in [-0.2, -0.15) is 0 Å². The Labute approximate surface area is 180 Å². The first-order valence-corrected chi connectivity index (χ1v) is 9.36. The number of carbonyl (C=O) groups excluding carboxylic acids is 1. The Morgan fingerprint density at radius 2 is 2.03 bits per heavy atom. The predicted octanol–water partition coefficient (Wildman–Crippen LogP) is 2.41. The number of hydrogen-bond acceptors (Lipinski definition) is 6. The second-order valence-corrected chi connectivity index (χ2v) is 6.33. The minimum Gasteiger partial charge on any atom is -0.493 e. The highest BCUT2D eigenvalue weighted by Crippen LogP contribution is 2.27. The van der Waals surface area contributed by atoms with E-state index >= 15 is 0 Å². The summed E-state index contributed by atoms with van der Waals surface area (Å²) in [5, 5.41) is 5.78. The van der Waals surface area contributed by atoms with Gasteiger partial charge in [-0.3, -0.25) is 4.79 Å². The van der Waals surface area contributed by atoms with Crippen LogP contribution in [0.1, 0.15) is 27.6 Å². The third kappa shape index (κ3) is 5.01. The molecule has 3 rings (SSSR count). The molecule has 0 saturated heterocycles. The summed E-state index contributed by atoms with van der Waals surface area (Å²) in [5.74, 6) is 10.8. The number of nitrogens with one attached hydrogen (secondary N) is 2. The first-order valence-electron chi connectivity index (χ1n) is 9.36. The normalized spacial score (nSPS) is 9.87. The maximum Gasteiger partial charge on any atom is 0.272 e. The van der Waals surface area contributed by atoms with Crippen LogP contribution in [0, 0.1) is 24.2 Å². The summed E-state index contributed by atoms with van der Waals surface area (Å²) >= 11 is 0. The van der Waals surface area contributed by atoms with Crippen molar-refractivity contribution in [3.8, 4) is 35.7 Å². The zero-order valence-corrected chi connectivity index (χ0v) is 17.5. The number of benzene rings is 1. The van der Waals surface area contributed by atoms with E-state index in [1.54, 1.807) is 50.3 Å². The lowest BCUT2D eigenvalue weighted by Crippen LogP contribution is -2.26. The number of nitrogens with zero attached hydrogens (tertiary/aromatic N) is 2. The molecule has 0 aliphatic rings. The molecule has 8 heteroatoms. The molecule has 2 heterocycles. The number of hydrogen-bond donors (Lipinski definition) is 2. The number of terminal acetylenes is 1. The Morgan fingerprint density at radius 3 is 2.71 bits per heavy atom. The second kappa shape index (κ2) is 9.95. The molecule has 3 aromatic rings. The van der Waals surface area contributed by atoms with Crippen molar-refractivity contribution in [1.82, 2.24) is 14.9 Å². The van der Waals surface area contributed by atoms with E-state index in [2.05, 4.69) is 33.4 Å². The van der Waals surface area contributed by atoms with Crippen molar-refractivity contribution in [1.29, 1.82) is 0 Å². The molecule has 0 aliphatic heterocycles. The van der Waals surface area contributed by atoms with Crippen molar-refractivity contribution in [3.05, 3.63) is 59.4 Å². The fourth-order valence-corrected chi connectivity index (χ4v) is 2.83. The van der Waals surface area contributed by atoms with Gasteiger partial charge in [0.05, 0.1) is 33.6 Å². The molecule has 2 aromatic heterocycles. The molecule has 0 radical (unpaired) electrons. The number of aromatic nitrogens is 2. The molecule has 0 unspecified atom stereocenters. The highest BCUT2D eigenvalue weighted by atomic mass is 16.5. The standard InChI is InChI=1S/C23H22N4O4/c1-5-12-24-23(28)21-22(25-15-17-7-6-13-31-17)26-20(27(21)2)11-9-16-8-10-18(29-3)19(14-16)30-4/h1,6-8,10,13-14,25H,12,15H2,2-4H3,(H,24,28). The number of carbonyl (C=O) groups is 1. The van der Waals surface area contributed by atoms with Crippen LogP contribution in [0.4, 0.5) is 5.82 Å². The fourth-order valence-electron chi connectivity index (χ4n) is 2.83. The highest BCUT2D eigenvalue weighted by molar-refractivity contribution is 5.97. The number of furan rings is 1. The number of amides is 1. The molecule has 8 nitrogen and oxygen atoms in total. The maximum absolute atomic E-state index is 12.6. The molecule has 1 aromatic carbocycles. The Morgan fingerprint density at radius 1 is 1.23 bits per heavy atom. The van der Waals surface area contributed by atoms with Crippen LogP contribution in [0.3, 0.4) is 0 Å². The van der Waals surface area contributed by atoms with Crippen LogP contribution in [0.15, 0.2) is 41.0 Å². The molecular formula is C23H22N4O4. The van der Waals surface area contributed by atoms with Gasteiger partial charge in [-0.1, -0.05) is 11.8 Å². The fraction of sp³-hybridized carbons (Fsp3) is 0.217. The van der Waals surface area contributed by atoms with Crippen molar-refractivity contribution in [3.63, 3.8) is 0 Å². The van der Waals surface area contributed by atoms with Crippen LogP contribution in [0.5, 0.6) is 11.5 Å². The van der Waals surface area contributed by atoms with Gasteiger partial charge in [-0.05, 0) is 36.3 Å². The molecule has 2 N–H and O–H groups in total. The van der Waals surface area contributed by atoms with Crippen LogP contribution in [0.25, 0.3) is 0 Å². The van der Waals surface area contributed by atoms with Gasteiger partial charge < -0.3 is 29.1 Å². The van der Waals surface area contributed by atoms with Crippen molar-refractivity contribution in [2.45, 2.75) is 6.54 Å². The zero-order valence-electron chi connectivity index (χ0n) is 17.5. The van der Waals surface area contributed by atoms with Gasteiger partial charge in [-0.25, -0.2) is 4.98 Å². The largest absolute Gasteiger partial charge is 0.493 e. The Bertz CT molecular complexity index is 1160. The average molecular weight is 418 g/mol. The zero-order chi connectivity index (χ0) is 22.2. The van der Waals surface area contributed by atoms with E-state index in [9.17, 15) is 4.79 Å². The average Bonchev–Trinajstić information content (AvgIpc) is 3.42. The van der Waals surface area contributed by atoms with Crippen molar-refractivity contribution in [2.24, 2.45) is 7.05 Å². The van der Waals surface area contributed by atoms with Crippen LogP contribution in [-0.2, 0) is 13.6 Å². The van der Waals surface area contributed by atoms with Gasteiger partial charge in [0.2, 0.25) is 0 Å². The van der Waals surface area contributed by atoms with E-state index in [1.807, 2.05) is 12.1 Å². The van der Waals surface area contributed by atoms with E-state index in [0.717, 1.165) is 0 Å². The van der Waals surface area contributed by atoms with E-state index < -0.39 is 0 Å². The van der Waals surface area contributed by atoms with E-state index in [-0.39, 0.29) is 12.5 Å². The summed E-state index contributed by atoms with van der Waals surface area (Å²) in [6.07, 6.45) is 6.84. The number of rotatable bonds is 7. The molecule has 0 spiro atoms. The van der Waals surface area contributed by atoms with Gasteiger partial charge in [0.25, 0.3) is 5.91 Å². The van der Waals surface area contributed by atoms with E-state index in [4.69, 9.17) is 20.3 Å². The lowest BCUT2D eigenvalue weighted by Gasteiger charge is -2.07. The van der Waals surface area contributed by atoms with Gasteiger partial charge in [-0.15, -0.1) is 6.42 Å². The SMILES string of the molecule is C#CCNC(=O)c1c(NCc2ccco2)nc(C#Cc2ccc(OC)c(OC)c2)n1C. The lowest BCUT2D eigenvalue weighted by molar-refractivity contribution is 0.0951. The molecular weight excluding hydrogens is 396 g/mol. The molecule has 0 aliphatic carbocycles. The minimum absolute atomic E-state index is 0.105. The van der Waals surface area contributed by atoms with Gasteiger partial charge >= 0.3 is 0 Å². The van der Waals surface area contributed by atoms with E-state index in [0.29, 0.717) is 46.7 Å². The van der Waals surface area contributed by atoms with Crippen LogP contribution < -0.4 is 20.1 Å². The predicted molar refractivity (Wildman–Crippen MR) is 116 cm³/mol. The molecule has 0 fully saturated rings. The third-order valence-electron chi connectivity index (χ3n) is 4.37. The Kier molecular flexibility index (Phi) is 6.87. The first-order chi connectivity index (χ1) is 15.1. The maximum atomic E-state index is 12.6. The molecule has 1 amide bonds. The Hall–Kier alpha value is -4.30. The van der Waals surface area contributed by atoms with Crippen LogP contribution in [-0.4, -0.2) is 36.2 Å². The van der Waals surface area contributed by atoms with E-state index in [1.165, 1.54) is 0 Å². The minimum atomic E-state index is -0.353. The topological polar surface area (TPSA) is 90.6 Å². The quantitative estimate of drug-likeness (QED) is 0.573. The number of imidazole rings is 1. The lowest BCUT2D eigenvalue weighted by atomic mass is 10.2. The van der Waals surface area contributed by atoms with Crippen LogP contribution in [0.2, 0.25) is 0 Å². The van der Waals surface area contributed by atoms with Crippen LogP contribution >= 0.6 is 0 Å². The first kappa shape index (κ1) is 21.4. The van der Waals surface area contributed by atoms with Crippen molar-refractivity contribution < 1.29 is 18.7 Å². The van der Waals surface area contributed by atoms with Gasteiger partial charge in [0.15, 0.2) is 28.8 Å². The highest BCUT2D eigenvalue weighted by Gasteiger charge is 2.20. The number of methoxy groups -OCH3 is 2. The summed E-state index contributed by atoms with van der Waals surface area (Å²) < 4.78 is 17.5. The molecule has 31 heavy (non-hydrogen) atoms. The third-order valence-corrected chi connectivity index (χ3v) is 4.37. The monoisotopic (exact) mass is 418 g/mol. The van der Waals surface area contributed by atoms with Crippen molar-refractivity contribution in [2.75, 3.05) is 26.1 Å². The summed E-state index contributed by atoms with van der Waals surface area (Å²) in [6.45, 7) is 0.469. The number of ether oxygens (including phenoxy) is 2. The summed E-state index contributed by atoms with van der Waals surface area (Å²) in [4.78, 5) is 17.1. The summed E-state index contributed by atoms with van der Waals surface area (Å²) in [6, 6.07) is 8.97. The molecule has 0 saturated carbocycles. The van der Waals surface area contributed by atoms with Gasteiger partial charge in [0, 0.05) is 12.6 Å². The summed E-state index contributed by atoms with van der Waals surface area (Å²) in [5.41, 5.74) is 1.03. The molecule has 0 atom stereocenters. The smallest absolute Gasteiger partial charge is 0.272 e. The van der Waals surface area contributed by atoms with Crippen molar-refractivity contribution >= 4 is 11.7 Å². The summed E-state index contributed by atoms with van der Waals surface area (Å²) in [7, 11) is 4.85. The van der Waals surface area contributed by atoms with Gasteiger partial charge in [0.1, 0.15) is 5.76 Å². The molecule has 158 valence electrons. The number of anilines is 1. The second-order valence-electron chi connectivity index (χ2n) is 6.33.